The molecule has 1 aromatic carbocycles. The molecule has 0 N–H and O–H groups in total. The number of ether oxygens (including phenoxy) is 1. The average Bonchev–Trinajstić information content (AvgIpc) is 3.06. The number of fused-ring (bicyclic) bond motifs is 2. The van der Waals surface area contributed by atoms with Crippen molar-refractivity contribution in [2.75, 3.05) is 6.61 Å². The Balaban J connectivity index is 1.71. The molecular formula is C16H17BrN2O. The third-order valence-electron chi connectivity index (χ3n) is 4.28. The number of aryl methyl sites for hydroxylation is 1. The van der Waals surface area contributed by atoms with Gasteiger partial charge in [0.25, 0.3) is 0 Å². The maximum atomic E-state index is 5.82. The lowest BCUT2D eigenvalue weighted by atomic mass is 10.0. The highest BCUT2D eigenvalue weighted by atomic mass is 79.9. The van der Waals surface area contributed by atoms with Gasteiger partial charge in [-0.15, -0.1) is 0 Å². The first-order chi connectivity index (χ1) is 9.81. The summed E-state index contributed by atoms with van der Waals surface area (Å²) in [4.78, 5) is 4.58. The Bertz CT molecular complexity index is 663. The van der Waals surface area contributed by atoms with Crippen molar-refractivity contribution in [1.29, 1.82) is 0 Å². The highest BCUT2D eigenvalue weighted by Crippen LogP contribution is 2.34. The summed E-state index contributed by atoms with van der Waals surface area (Å²) in [7, 11) is 0. The highest BCUT2D eigenvalue weighted by Gasteiger charge is 2.20. The van der Waals surface area contributed by atoms with Crippen LogP contribution in [0.15, 0.2) is 22.9 Å². The number of aromatic nitrogens is 2. The van der Waals surface area contributed by atoms with Crippen LogP contribution in [0.5, 0.6) is 5.75 Å². The van der Waals surface area contributed by atoms with Gasteiger partial charge in [0.2, 0.25) is 0 Å². The number of benzene rings is 1. The standard InChI is InChI=1S/C16H17BrN2O/c17-13-7-11-5-6-20-16(11)12(8-13)9-19-10-18-14-3-1-2-4-15(14)19/h7-8,10H,1-6,9H2. The number of hydrogen-bond donors (Lipinski definition) is 0. The molecule has 104 valence electrons. The fraction of sp³-hybridized carbons (Fsp3) is 0.438. The van der Waals surface area contributed by atoms with E-state index in [0.717, 1.165) is 42.6 Å². The summed E-state index contributed by atoms with van der Waals surface area (Å²) in [5, 5.41) is 0. The Hall–Kier alpha value is -1.29. The van der Waals surface area contributed by atoms with Crippen molar-refractivity contribution >= 4 is 15.9 Å². The van der Waals surface area contributed by atoms with E-state index in [4.69, 9.17) is 4.74 Å². The van der Waals surface area contributed by atoms with Crippen LogP contribution in [0.1, 0.15) is 35.4 Å². The normalized spacial score (nSPS) is 16.6. The lowest BCUT2D eigenvalue weighted by Gasteiger charge is -2.15. The second-order valence-corrected chi connectivity index (χ2v) is 6.54. The molecule has 0 radical (unpaired) electrons. The predicted molar refractivity (Wildman–Crippen MR) is 81.3 cm³/mol. The summed E-state index contributed by atoms with van der Waals surface area (Å²) < 4.78 is 9.27. The smallest absolute Gasteiger partial charge is 0.127 e. The van der Waals surface area contributed by atoms with Gasteiger partial charge in [0.05, 0.1) is 25.2 Å². The molecule has 0 saturated carbocycles. The first kappa shape index (κ1) is 12.5. The van der Waals surface area contributed by atoms with Crippen molar-refractivity contribution in [3.8, 4) is 5.75 Å². The van der Waals surface area contributed by atoms with Crippen LogP contribution in [0.25, 0.3) is 0 Å². The van der Waals surface area contributed by atoms with Gasteiger partial charge < -0.3 is 9.30 Å². The zero-order valence-electron chi connectivity index (χ0n) is 11.4. The second-order valence-electron chi connectivity index (χ2n) is 5.62. The minimum atomic E-state index is 0.806. The molecule has 2 aromatic rings. The van der Waals surface area contributed by atoms with Crippen LogP contribution in [0.4, 0.5) is 0 Å². The van der Waals surface area contributed by atoms with Gasteiger partial charge in [-0.05, 0) is 43.4 Å². The van der Waals surface area contributed by atoms with Crippen molar-refractivity contribution in [3.05, 3.63) is 45.4 Å². The molecule has 0 spiro atoms. The fourth-order valence-corrected chi connectivity index (χ4v) is 3.87. The Labute approximate surface area is 127 Å². The van der Waals surface area contributed by atoms with E-state index < -0.39 is 0 Å². The number of halogens is 1. The molecule has 0 bridgehead atoms. The van der Waals surface area contributed by atoms with Gasteiger partial charge in [0, 0.05) is 22.2 Å². The van der Waals surface area contributed by atoms with Gasteiger partial charge in [0.15, 0.2) is 0 Å². The molecule has 0 unspecified atom stereocenters. The van der Waals surface area contributed by atoms with Crippen molar-refractivity contribution < 1.29 is 4.74 Å². The van der Waals surface area contributed by atoms with E-state index in [0.29, 0.717) is 0 Å². The topological polar surface area (TPSA) is 27.1 Å². The lowest BCUT2D eigenvalue weighted by molar-refractivity contribution is 0.352. The largest absolute Gasteiger partial charge is 0.493 e. The molecule has 1 aliphatic heterocycles. The average molecular weight is 333 g/mol. The van der Waals surface area contributed by atoms with Crippen LogP contribution < -0.4 is 4.74 Å². The quantitative estimate of drug-likeness (QED) is 0.841. The molecule has 1 aromatic heterocycles. The van der Waals surface area contributed by atoms with E-state index in [-0.39, 0.29) is 0 Å². The molecule has 0 saturated heterocycles. The molecule has 2 heterocycles. The molecule has 0 atom stereocenters. The molecule has 4 rings (SSSR count). The first-order valence-corrected chi connectivity index (χ1v) is 8.07. The van der Waals surface area contributed by atoms with Crippen LogP contribution in [0.3, 0.4) is 0 Å². The number of nitrogens with zero attached hydrogens (tertiary/aromatic N) is 2. The third-order valence-corrected chi connectivity index (χ3v) is 4.73. The predicted octanol–water partition coefficient (Wildman–Crippen LogP) is 3.51. The summed E-state index contributed by atoms with van der Waals surface area (Å²) in [6, 6.07) is 4.36. The molecule has 1 aliphatic carbocycles. The zero-order chi connectivity index (χ0) is 13.5. The number of rotatable bonds is 2. The van der Waals surface area contributed by atoms with Crippen LogP contribution in [0, 0.1) is 0 Å². The molecule has 2 aliphatic rings. The molecule has 3 nitrogen and oxygen atoms in total. The molecule has 0 fully saturated rings. The summed E-state index contributed by atoms with van der Waals surface area (Å²) in [5.41, 5.74) is 5.30. The van der Waals surface area contributed by atoms with E-state index in [9.17, 15) is 0 Å². The molecule has 4 heteroatoms. The van der Waals surface area contributed by atoms with Gasteiger partial charge in [-0.2, -0.15) is 0 Å². The zero-order valence-corrected chi connectivity index (χ0v) is 12.9. The van der Waals surface area contributed by atoms with Crippen LogP contribution in [-0.4, -0.2) is 16.2 Å². The third kappa shape index (κ3) is 2.06. The maximum Gasteiger partial charge on any atom is 0.127 e. The van der Waals surface area contributed by atoms with Gasteiger partial charge in [-0.3, -0.25) is 0 Å². The second kappa shape index (κ2) is 4.92. The van der Waals surface area contributed by atoms with E-state index >= 15 is 0 Å². The van der Waals surface area contributed by atoms with Gasteiger partial charge in [0.1, 0.15) is 5.75 Å². The lowest BCUT2D eigenvalue weighted by Crippen LogP contribution is -2.09. The Morgan fingerprint density at radius 3 is 3.05 bits per heavy atom. The van der Waals surface area contributed by atoms with Crippen molar-refractivity contribution in [3.63, 3.8) is 0 Å². The summed E-state index contributed by atoms with van der Waals surface area (Å²) in [6.45, 7) is 1.67. The van der Waals surface area contributed by atoms with E-state index in [1.807, 2.05) is 6.33 Å². The van der Waals surface area contributed by atoms with E-state index in [1.165, 1.54) is 35.4 Å². The van der Waals surface area contributed by atoms with Gasteiger partial charge >= 0.3 is 0 Å². The maximum absolute atomic E-state index is 5.82. The summed E-state index contributed by atoms with van der Waals surface area (Å²) in [5.74, 6) is 1.09. The Kier molecular flexibility index (Phi) is 3.06. The summed E-state index contributed by atoms with van der Waals surface area (Å²) >= 11 is 3.61. The number of imidazole rings is 1. The van der Waals surface area contributed by atoms with Crippen molar-refractivity contribution in [2.45, 2.75) is 38.6 Å². The van der Waals surface area contributed by atoms with Crippen LogP contribution >= 0.6 is 15.9 Å². The molecule has 0 amide bonds. The SMILES string of the molecule is Brc1cc2c(c(Cn3cnc4c3CCCC4)c1)OCC2. The summed E-state index contributed by atoms with van der Waals surface area (Å²) in [6.07, 6.45) is 7.87. The Morgan fingerprint density at radius 1 is 1.20 bits per heavy atom. The molecule has 20 heavy (non-hydrogen) atoms. The van der Waals surface area contributed by atoms with Gasteiger partial charge in [-0.25, -0.2) is 4.98 Å². The molecular weight excluding hydrogens is 316 g/mol. The highest BCUT2D eigenvalue weighted by molar-refractivity contribution is 9.10. The minimum Gasteiger partial charge on any atom is -0.493 e. The van der Waals surface area contributed by atoms with E-state index in [2.05, 4.69) is 37.6 Å². The van der Waals surface area contributed by atoms with Crippen LogP contribution in [-0.2, 0) is 25.8 Å². The van der Waals surface area contributed by atoms with E-state index in [1.54, 1.807) is 0 Å². The number of hydrogen-bond acceptors (Lipinski definition) is 2. The van der Waals surface area contributed by atoms with Crippen LogP contribution in [0.2, 0.25) is 0 Å². The minimum absolute atomic E-state index is 0.806. The first-order valence-electron chi connectivity index (χ1n) is 7.28. The monoisotopic (exact) mass is 332 g/mol. The van der Waals surface area contributed by atoms with Crippen molar-refractivity contribution in [2.24, 2.45) is 0 Å². The van der Waals surface area contributed by atoms with Crippen molar-refractivity contribution in [1.82, 2.24) is 9.55 Å². The fourth-order valence-electron chi connectivity index (χ4n) is 3.31. The van der Waals surface area contributed by atoms with Gasteiger partial charge in [-0.1, -0.05) is 15.9 Å². The Morgan fingerprint density at radius 2 is 2.10 bits per heavy atom.